The van der Waals surface area contributed by atoms with Crippen LogP contribution < -0.4 is 9.64 Å². The van der Waals surface area contributed by atoms with Crippen molar-refractivity contribution in [2.75, 3.05) is 24.6 Å². The van der Waals surface area contributed by atoms with Gasteiger partial charge in [0.25, 0.3) is 0 Å². The molecule has 0 atom stereocenters. The highest BCUT2D eigenvalue weighted by atomic mass is 35.5. The molecule has 0 radical (unpaired) electrons. The summed E-state index contributed by atoms with van der Waals surface area (Å²) >= 11 is 11.9. The first-order chi connectivity index (χ1) is 11.6. The van der Waals surface area contributed by atoms with Crippen LogP contribution in [-0.2, 0) is 0 Å². The molecule has 1 heterocycles. The lowest BCUT2D eigenvalue weighted by Crippen LogP contribution is -2.34. The molecular formula is C19H21Cl2NO2. The van der Waals surface area contributed by atoms with E-state index in [9.17, 15) is 5.11 Å². The summed E-state index contributed by atoms with van der Waals surface area (Å²) in [6.45, 7) is 2.78. The Morgan fingerprint density at radius 2 is 1.71 bits per heavy atom. The van der Waals surface area contributed by atoms with E-state index < -0.39 is 0 Å². The van der Waals surface area contributed by atoms with Crippen LogP contribution in [0.1, 0.15) is 19.3 Å². The molecule has 1 aliphatic heterocycles. The molecule has 3 rings (SSSR count). The average Bonchev–Trinajstić information content (AvgIpc) is 2.59. The molecular weight excluding hydrogens is 345 g/mol. The molecule has 0 amide bonds. The van der Waals surface area contributed by atoms with Gasteiger partial charge < -0.3 is 14.7 Å². The molecule has 0 spiro atoms. The standard InChI is InChI=1S/C19H21Cl2NO2/c20-18-6-5-17(13-19(18)21)24-12-9-14-7-10-22(11-8-14)15-1-3-16(23)4-2-15/h1-6,13-14,23H,7-12H2. The monoisotopic (exact) mass is 365 g/mol. The number of piperidine rings is 1. The first kappa shape index (κ1) is 17.2. The number of aromatic hydroxyl groups is 1. The van der Waals surface area contributed by atoms with Crippen molar-refractivity contribution in [2.24, 2.45) is 5.92 Å². The van der Waals surface area contributed by atoms with Gasteiger partial charge in [0, 0.05) is 24.8 Å². The minimum atomic E-state index is 0.313. The Morgan fingerprint density at radius 1 is 1.00 bits per heavy atom. The zero-order chi connectivity index (χ0) is 16.9. The summed E-state index contributed by atoms with van der Waals surface area (Å²) in [6, 6.07) is 12.8. The van der Waals surface area contributed by atoms with Crippen LogP contribution in [0.3, 0.4) is 0 Å². The largest absolute Gasteiger partial charge is 0.508 e. The number of nitrogens with zero attached hydrogens (tertiary/aromatic N) is 1. The van der Waals surface area contributed by atoms with Gasteiger partial charge in [-0.05, 0) is 61.6 Å². The van der Waals surface area contributed by atoms with Crippen LogP contribution in [0.25, 0.3) is 0 Å². The molecule has 128 valence electrons. The number of benzene rings is 2. The molecule has 1 aliphatic rings. The summed E-state index contributed by atoms with van der Waals surface area (Å²) in [5.74, 6) is 1.76. The minimum absolute atomic E-state index is 0.313. The third-order valence-corrected chi connectivity index (χ3v) is 5.25. The van der Waals surface area contributed by atoms with Gasteiger partial charge >= 0.3 is 0 Å². The first-order valence-electron chi connectivity index (χ1n) is 8.23. The maximum Gasteiger partial charge on any atom is 0.120 e. The van der Waals surface area contributed by atoms with Crippen molar-refractivity contribution in [1.82, 2.24) is 0 Å². The zero-order valence-electron chi connectivity index (χ0n) is 13.4. The SMILES string of the molecule is Oc1ccc(N2CCC(CCOc3ccc(Cl)c(Cl)c3)CC2)cc1. The molecule has 24 heavy (non-hydrogen) atoms. The van der Waals surface area contributed by atoms with Crippen molar-refractivity contribution in [3.8, 4) is 11.5 Å². The van der Waals surface area contributed by atoms with Gasteiger partial charge in [0.05, 0.1) is 16.7 Å². The van der Waals surface area contributed by atoms with E-state index in [1.54, 1.807) is 24.3 Å². The number of ether oxygens (including phenoxy) is 1. The van der Waals surface area contributed by atoms with E-state index in [1.807, 2.05) is 18.2 Å². The number of anilines is 1. The number of hydrogen-bond acceptors (Lipinski definition) is 3. The summed E-state index contributed by atoms with van der Waals surface area (Å²) in [5.41, 5.74) is 1.18. The number of halogens is 2. The smallest absolute Gasteiger partial charge is 0.120 e. The normalized spacial score (nSPS) is 15.5. The summed E-state index contributed by atoms with van der Waals surface area (Å²) in [4.78, 5) is 2.37. The van der Waals surface area contributed by atoms with E-state index in [2.05, 4.69) is 4.90 Å². The Morgan fingerprint density at radius 3 is 2.38 bits per heavy atom. The summed E-state index contributed by atoms with van der Waals surface area (Å²) in [6.07, 6.45) is 3.36. The van der Waals surface area contributed by atoms with Crippen LogP contribution in [0.5, 0.6) is 11.5 Å². The molecule has 0 unspecified atom stereocenters. The average molecular weight is 366 g/mol. The Labute approximate surface area is 152 Å². The molecule has 1 saturated heterocycles. The fourth-order valence-electron chi connectivity index (χ4n) is 3.05. The first-order valence-corrected chi connectivity index (χ1v) is 8.99. The predicted molar refractivity (Wildman–Crippen MR) is 99.6 cm³/mol. The molecule has 1 fully saturated rings. The number of rotatable bonds is 5. The van der Waals surface area contributed by atoms with Crippen molar-refractivity contribution in [3.63, 3.8) is 0 Å². The second kappa shape index (κ2) is 8.00. The molecule has 0 saturated carbocycles. The summed E-state index contributed by atoms with van der Waals surface area (Å²) in [7, 11) is 0. The lowest BCUT2D eigenvalue weighted by molar-refractivity contribution is 0.258. The Bertz CT molecular complexity index is 668. The number of phenolic OH excluding ortho intramolecular Hbond substituents is 1. The van der Waals surface area contributed by atoms with Gasteiger partial charge in [-0.1, -0.05) is 23.2 Å². The van der Waals surface area contributed by atoms with E-state index >= 15 is 0 Å². The van der Waals surface area contributed by atoms with Gasteiger partial charge in [0.1, 0.15) is 11.5 Å². The van der Waals surface area contributed by atoms with Gasteiger partial charge in [-0.25, -0.2) is 0 Å². The fraction of sp³-hybridized carbons (Fsp3) is 0.368. The topological polar surface area (TPSA) is 32.7 Å². The van der Waals surface area contributed by atoms with Crippen LogP contribution in [0.15, 0.2) is 42.5 Å². The number of hydrogen-bond donors (Lipinski definition) is 1. The van der Waals surface area contributed by atoms with Gasteiger partial charge in [0.2, 0.25) is 0 Å². The minimum Gasteiger partial charge on any atom is -0.508 e. The van der Waals surface area contributed by atoms with Crippen molar-refractivity contribution < 1.29 is 9.84 Å². The Hall–Kier alpha value is -1.58. The highest BCUT2D eigenvalue weighted by Crippen LogP contribution is 2.28. The van der Waals surface area contributed by atoms with Gasteiger partial charge in [-0.3, -0.25) is 0 Å². The van der Waals surface area contributed by atoms with Crippen LogP contribution in [0.2, 0.25) is 10.0 Å². The fourth-order valence-corrected chi connectivity index (χ4v) is 3.34. The summed E-state index contributed by atoms with van der Waals surface area (Å²) in [5, 5.41) is 10.4. The lowest BCUT2D eigenvalue weighted by atomic mass is 9.93. The Balaban J connectivity index is 1.42. The summed E-state index contributed by atoms with van der Waals surface area (Å²) < 4.78 is 5.78. The maximum absolute atomic E-state index is 9.37. The molecule has 0 bridgehead atoms. The van der Waals surface area contributed by atoms with Crippen LogP contribution in [-0.4, -0.2) is 24.8 Å². The predicted octanol–water partition coefficient (Wildman–Crippen LogP) is 5.38. The molecule has 3 nitrogen and oxygen atoms in total. The van der Waals surface area contributed by atoms with Gasteiger partial charge in [-0.2, -0.15) is 0 Å². The third-order valence-electron chi connectivity index (χ3n) is 4.52. The third kappa shape index (κ3) is 4.49. The highest BCUT2D eigenvalue weighted by Gasteiger charge is 2.19. The van der Waals surface area contributed by atoms with Crippen LogP contribution in [0, 0.1) is 5.92 Å². The van der Waals surface area contributed by atoms with Crippen molar-refractivity contribution in [2.45, 2.75) is 19.3 Å². The molecule has 1 N–H and O–H groups in total. The van der Waals surface area contributed by atoms with E-state index in [1.165, 1.54) is 5.69 Å². The molecule has 0 aliphatic carbocycles. The van der Waals surface area contributed by atoms with Gasteiger partial charge in [0.15, 0.2) is 0 Å². The molecule has 2 aromatic rings. The van der Waals surface area contributed by atoms with E-state index in [0.717, 1.165) is 38.1 Å². The van der Waals surface area contributed by atoms with E-state index in [-0.39, 0.29) is 0 Å². The molecule has 5 heteroatoms. The molecule has 0 aromatic heterocycles. The van der Waals surface area contributed by atoms with Crippen molar-refractivity contribution in [3.05, 3.63) is 52.5 Å². The molecule has 2 aromatic carbocycles. The quantitative estimate of drug-likeness (QED) is 0.771. The number of phenols is 1. The second-order valence-electron chi connectivity index (χ2n) is 6.16. The maximum atomic E-state index is 9.37. The second-order valence-corrected chi connectivity index (χ2v) is 6.97. The van der Waals surface area contributed by atoms with Crippen molar-refractivity contribution in [1.29, 1.82) is 0 Å². The lowest BCUT2D eigenvalue weighted by Gasteiger charge is -2.33. The zero-order valence-corrected chi connectivity index (χ0v) is 14.9. The highest BCUT2D eigenvalue weighted by molar-refractivity contribution is 6.42. The Kier molecular flexibility index (Phi) is 5.75. The van der Waals surface area contributed by atoms with Crippen LogP contribution >= 0.6 is 23.2 Å². The van der Waals surface area contributed by atoms with Crippen molar-refractivity contribution >= 4 is 28.9 Å². The van der Waals surface area contributed by atoms with Gasteiger partial charge in [-0.15, -0.1) is 0 Å². The van der Waals surface area contributed by atoms with E-state index in [0.29, 0.717) is 28.3 Å². The van der Waals surface area contributed by atoms with E-state index in [4.69, 9.17) is 27.9 Å². The van der Waals surface area contributed by atoms with Crippen LogP contribution in [0.4, 0.5) is 5.69 Å².